The lowest BCUT2D eigenvalue weighted by Gasteiger charge is -2.37. The first kappa shape index (κ1) is 26.8. The summed E-state index contributed by atoms with van der Waals surface area (Å²) >= 11 is 0. The predicted molar refractivity (Wildman–Crippen MR) is 135 cm³/mol. The Morgan fingerprint density at radius 3 is 1.97 bits per heavy atom. The smallest absolute Gasteiger partial charge is 0.410 e. The maximum atomic E-state index is 13.0. The number of benzene rings is 2. The zero-order valence-electron chi connectivity index (χ0n) is 20.6. The van der Waals surface area contributed by atoms with Crippen molar-refractivity contribution in [1.82, 2.24) is 9.21 Å². The minimum absolute atomic E-state index is 0.00436. The Balaban J connectivity index is 1.75. The van der Waals surface area contributed by atoms with Gasteiger partial charge < -0.3 is 14.5 Å². The van der Waals surface area contributed by atoms with Crippen molar-refractivity contribution in [2.45, 2.75) is 36.2 Å². The van der Waals surface area contributed by atoms with Crippen LogP contribution in [0, 0.1) is 0 Å². The molecule has 35 heavy (non-hydrogen) atoms. The van der Waals surface area contributed by atoms with Crippen LogP contribution in [0.25, 0.3) is 0 Å². The maximum Gasteiger partial charge on any atom is 0.410 e. The van der Waals surface area contributed by atoms with E-state index in [0.29, 0.717) is 37.6 Å². The lowest BCUT2D eigenvalue weighted by atomic mass is 10.2. The SMILES string of the molecule is CN(C)S(=O)(=O)c1ccc(S(=O)(=O)Nc2ccccc2N2CCN(C(=O)OC(C)(C)C)CC2)cc1. The molecule has 12 heteroatoms. The molecule has 1 heterocycles. The lowest BCUT2D eigenvalue weighted by molar-refractivity contribution is 0.0240. The summed E-state index contributed by atoms with van der Waals surface area (Å²) in [5.74, 6) is 0. The van der Waals surface area contributed by atoms with Crippen molar-refractivity contribution in [3.8, 4) is 0 Å². The van der Waals surface area contributed by atoms with Gasteiger partial charge in [0.2, 0.25) is 10.0 Å². The Bertz CT molecular complexity index is 1260. The highest BCUT2D eigenvalue weighted by atomic mass is 32.2. The molecule has 1 aliphatic rings. The zero-order valence-corrected chi connectivity index (χ0v) is 22.2. The van der Waals surface area contributed by atoms with E-state index in [1.807, 2.05) is 37.8 Å². The van der Waals surface area contributed by atoms with Crippen LogP contribution in [0.15, 0.2) is 58.3 Å². The van der Waals surface area contributed by atoms with Gasteiger partial charge in [0.15, 0.2) is 0 Å². The van der Waals surface area contributed by atoms with Gasteiger partial charge in [0, 0.05) is 40.3 Å². The molecule has 2 aromatic carbocycles. The zero-order chi connectivity index (χ0) is 26.0. The van der Waals surface area contributed by atoms with Gasteiger partial charge in [0.1, 0.15) is 5.60 Å². The third-order valence-electron chi connectivity index (χ3n) is 5.33. The first-order chi connectivity index (χ1) is 16.2. The van der Waals surface area contributed by atoms with E-state index in [9.17, 15) is 21.6 Å². The van der Waals surface area contributed by atoms with Crippen LogP contribution >= 0.6 is 0 Å². The van der Waals surface area contributed by atoms with E-state index < -0.39 is 25.6 Å². The van der Waals surface area contributed by atoms with Crippen molar-refractivity contribution in [3.05, 3.63) is 48.5 Å². The van der Waals surface area contributed by atoms with E-state index in [1.54, 1.807) is 17.0 Å². The van der Waals surface area contributed by atoms with Gasteiger partial charge in [0.25, 0.3) is 10.0 Å². The summed E-state index contributed by atoms with van der Waals surface area (Å²) in [6.07, 6.45) is -0.370. The molecule has 10 nitrogen and oxygen atoms in total. The minimum Gasteiger partial charge on any atom is -0.444 e. The minimum atomic E-state index is -3.97. The van der Waals surface area contributed by atoms with Crippen molar-refractivity contribution < 1.29 is 26.4 Å². The summed E-state index contributed by atoms with van der Waals surface area (Å²) in [6.45, 7) is 7.36. The van der Waals surface area contributed by atoms with Crippen molar-refractivity contribution in [2.75, 3.05) is 49.9 Å². The molecule has 1 aliphatic heterocycles. The van der Waals surface area contributed by atoms with E-state index in [-0.39, 0.29) is 15.9 Å². The molecule has 0 unspecified atom stereocenters. The number of para-hydroxylation sites is 2. The van der Waals surface area contributed by atoms with Gasteiger partial charge >= 0.3 is 6.09 Å². The second-order valence-electron chi connectivity index (χ2n) is 9.34. The molecule has 2 aromatic rings. The van der Waals surface area contributed by atoms with Gasteiger partial charge in [-0.05, 0) is 57.2 Å². The molecule has 0 bridgehead atoms. The van der Waals surface area contributed by atoms with Crippen LogP contribution in [0.5, 0.6) is 0 Å². The van der Waals surface area contributed by atoms with E-state index in [1.165, 1.54) is 38.4 Å². The first-order valence-corrected chi connectivity index (χ1v) is 14.0. The Labute approximate surface area is 207 Å². The van der Waals surface area contributed by atoms with Gasteiger partial charge in [-0.1, -0.05) is 12.1 Å². The Kier molecular flexibility index (Phi) is 7.68. The van der Waals surface area contributed by atoms with E-state index in [0.717, 1.165) is 4.31 Å². The largest absolute Gasteiger partial charge is 0.444 e. The number of nitrogens with zero attached hydrogens (tertiary/aromatic N) is 3. The topological polar surface area (TPSA) is 116 Å². The number of piperazine rings is 1. The van der Waals surface area contributed by atoms with Gasteiger partial charge in [0.05, 0.1) is 21.2 Å². The molecule has 1 amide bonds. The van der Waals surface area contributed by atoms with Gasteiger partial charge in [-0.2, -0.15) is 0 Å². The van der Waals surface area contributed by atoms with Gasteiger partial charge in [-0.25, -0.2) is 25.9 Å². The third-order valence-corrected chi connectivity index (χ3v) is 8.54. The molecule has 1 saturated heterocycles. The highest BCUT2D eigenvalue weighted by molar-refractivity contribution is 7.92. The number of rotatable bonds is 6. The molecule has 0 spiro atoms. The number of amides is 1. The summed E-state index contributed by atoms with van der Waals surface area (Å²) in [5, 5.41) is 0. The van der Waals surface area contributed by atoms with Crippen molar-refractivity contribution in [3.63, 3.8) is 0 Å². The summed E-state index contributed by atoms with van der Waals surface area (Å²) < 4.78 is 59.7. The fraction of sp³-hybridized carbons (Fsp3) is 0.435. The van der Waals surface area contributed by atoms with Crippen molar-refractivity contribution in [1.29, 1.82) is 0 Å². The van der Waals surface area contributed by atoms with Gasteiger partial charge in [-0.15, -0.1) is 0 Å². The summed E-state index contributed by atoms with van der Waals surface area (Å²) in [6, 6.07) is 12.1. The Morgan fingerprint density at radius 2 is 1.43 bits per heavy atom. The number of nitrogens with one attached hydrogen (secondary N) is 1. The first-order valence-electron chi connectivity index (χ1n) is 11.1. The molecule has 1 N–H and O–H groups in total. The highest BCUT2D eigenvalue weighted by Gasteiger charge is 2.27. The van der Waals surface area contributed by atoms with Crippen LogP contribution in [0.2, 0.25) is 0 Å². The van der Waals surface area contributed by atoms with Crippen LogP contribution in [0.3, 0.4) is 0 Å². The number of anilines is 2. The third kappa shape index (κ3) is 6.44. The number of hydrogen-bond acceptors (Lipinski definition) is 7. The number of ether oxygens (including phenoxy) is 1. The predicted octanol–water partition coefficient (Wildman–Crippen LogP) is 2.79. The Morgan fingerprint density at radius 1 is 0.886 bits per heavy atom. The molecule has 0 aromatic heterocycles. The molecule has 0 saturated carbocycles. The van der Waals surface area contributed by atoms with Crippen LogP contribution in [-0.2, 0) is 24.8 Å². The standard InChI is InChI=1S/C23H32N4O6S2/c1-23(2,3)33-22(28)27-16-14-26(15-17-27)21-9-7-6-8-20(21)24-34(29,30)18-10-12-19(13-11-18)35(31,32)25(4)5/h6-13,24H,14-17H2,1-5H3. The molecule has 0 radical (unpaired) electrons. The number of carbonyl (C=O) groups is 1. The monoisotopic (exact) mass is 524 g/mol. The average Bonchev–Trinajstić information content (AvgIpc) is 2.78. The molecule has 0 aliphatic carbocycles. The van der Waals surface area contributed by atoms with Crippen LogP contribution < -0.4 is 9.62 Å². The molecule has 3 rings (SSSR count). The quantitative estimate of drug-likeness (QED) is 0.618. The van der Waals surface area contributed by atoms with Crippen molar-refractivity contribution >= 4 is 37.5 Å². The lowest BCUT2D eigenvalue weighted by Crippen LogP contribution is -2.50. The number of hydrogen-bond donors (Lipinski definition) is 1. The van der Waals surface area contributed by atoms with E-state index >= 15 is 0 Å². The summed E-state index contributed by atoms with van der Waals surface area (Å²) in [5.41, 5.74) is 0.503. The number of carbonyl (C=O) groups excluding carboxylic acids is 1. The van der Waals surface area contributed by atoms with Crippen LogP contribution in [0.4, 0.5) is 16.2 Å². The fourth-order valence-corrected chi connectivity index (χ4v) is 5.47. The normalized spacial score (nSPS) is 15.3. The van der Waals surface area contributed by atoms with Gasteiger partial charge in [-0.3, -0.25) is 4.72 Å². The second-order valence-corrected chi connectivity index (χ2v) is 13.2. The molecule has 192 valence electrons. The summed E-state index contributed by atoms with van der Waals surface area (Å²) in [7, 11) is -4.82. The highest BCUT2D eigenvalue weighted by Crippen LogP contribution is 2.29. The fourth-order valence-electron chi connectivity index (χ4n) is 3.50. The van der Waals surface area contributed by atoms with E-state index in [4.69, 9.17) is 4.74 Å². The second kappa shape index (κ2) is 10.0. The van der Waals surface area contributed by atoms with E-state index in [2.05, 4.69) is 4.72 Å². The average molecular weight is 525 g/mol. The molecular formula is C23H32N4O6S2. The van der Waals surface area contributed by atoms with Crippen LogP contribution in [0.1, 0.15) is 20.8 Å². The molecule has 0 atom stereocenters. The Hall–Kier alpha value is -2.83. The van der Waals surface area contributed by atoms with Crippen LogP contribution in [-0.4, -0.2) is 78.0 Å². The maximum absolute atomic E-state index is 13.0. The van der Waals surface area contributed by atoms with Crippen molar-refractivity contribution in [2.24, 2.45) is 0 Å². The summed E-state index contributed by atoms with van der Waals surface area (Å²) in [4.78, 5) is 15.9. The number of sulfonamides is 2. The molecule has 1 fully saturated rings. The molecular weight excluding hydrogens is 492 g/mol.